The minimum atomic E-state index is 0.631. The summed E-state index contributed by atoms with van der Waals surface area (Å²) in [5, 5.41) is 11.1. The molecule has 29 heavy (non-hydrogen) atoms. The molecule has 1 fully saturated rings. The molecule has 0 aliphatic carbocycles. The van der Waals surface area contributed by atoms with Gasteiger partial charge in [-0.15, -0.1) is 0 Å². The minimum Gasteiger partial charge on any atom is -0.497 e. The number of nitrogens with zero attached hydrogens (tertiary/aromatic N) is 4. The van der Waals surface area contributed by atoms with Gasteiger partial charge in [0.05, 0.1) is 19.3 Å². The number of rotatable bonds is 8. The van der Waals surface area contributed by atoms with E-state index in [4.69, 9.17) is 9.73 Å². The first kappa shape index (κ1) is 21.2. The summed E-state index contributed by atoms with van der Waals surface area (Å²) in [5.74, 6) is 2.48. The molecule has 2 heterocycles. The van der Waals surface area contributed by atoms with Crippen molar-refractivity contribution < 1.29 is 4.74 Å². The highest BCUT2D eigenvalue weighted by atomic mass is 16.5. The van der Waals surface area contributed by atoms with Gasteiger partial charge in [-0.05, 0) is 62.5 Å². The second-order valence-corrected chi connectivity index (χ2v) is 7.59. The van der Waals surface area contributed by atoms with Crippen molar-refractivity contribution in [2.75, 3.05) is 33.3 Å². The van der Waals surface area contributed by atoms with Crippen molar-refractivity contribution in [2.24, 2.45) is 18.0 Å². The van der Waals surface area contributed by atoms with Gasteiger partial charge in [0.2, 0.25) is 0 Å². The van der Waals surface area contributed by atoms with E-state index in [9.17, 15) is 0 Å². The van der Waals surface area contributed by atoms with Crippen LogP contribution in [0.1, 0.15) is 31.0 Å². The van der Waals surface area contributed by atoms with Crippen molar-refractivity contribution in [1.82, 2.24) is 25.3 Å². The van der Waals surface area contributed by atoms with Crippen LogP contribution in [0.25, 0.3) is 0 Å². The van der Waals surface area contributed by atoms with Gasteiger partial charge < -0.3 is 15.4 Å². The van der Waals surface area contributed by atoms with Gasteiger partial charge in [0, 0.05) is 32.9 Å². The average molecular weight is 399 g/mol. The number of ether oxygens (including phenoxy) is 1. The predicted octanol–water partition coefficient (Wildman–Crippen LogP) is 2.40. The fourth-order valence-electron chi connectivity index (χ4n) is 3.64. The van der Waals surface area contributed by atoms with Crippen molar-refractivity contribution in [3.63, 3.8) is 0 Å². The molecule has 1 saturated heterocycles. The van der Waals surface area contributed by atoms with Crippen LogP contribution in [0.5, 0.6) is 5.75 Å². The number of benzene rings is 1. The molecule has 2 N–H and O–H groups in total. The average Bonchev–Trinajstić information content (AvgIpc) is 3.16. The number of aromatic nitrogens is 2. The number of nitrogens with one attached hydrogen (secondary N) is 2. The molecule has 0 radical (unpaired) electrons. The second kappa shape index (κ2) is 10.9. The van der Waals surface area contributed by atoms with Crippen molar-refractivity contribution in [3.05, 3.63) is 47.8 Å². The van der Waals surface area contributed by atoms with Crippen molar-refractivity contribution in [3.8, 4) is 5.75 Å². The molecule has 7 nitrogen and oxygen atoms in total. The molecule has 0 saturated carbocycles. The van der Waals surface area contributed by atoms with Crippen molar-refractivity contribution >= 4 is 5.96 Å². The summed E-state index contributed by atoms with van der Waals surface area (Å²) in [6.07, 6.45) is 4.24. The van der Waals surface area contributed by atoms with Gasteiger partial charge in [0.1, 0.15) is 5.75 Å². The zero-order valence-electron chi connectivity index (χ0n) is 17.9. The Kier molecular flexibility index (Phi) is 7.93. The van der Waals surface area contributed by atoms with E-state index in [1.54, 1.807) is 7.11 Å². The van der Waals surface area contributed by atoms with E-state index >= 15 is 0 Å². The summed E-state index contributed by atoms with van der Waals surface area (Å²) in [4.78, 5) is 7.24. The molecular weight excluding hydrogens is 364 g/mol. The van der Waals surface area contributed by atoms with E-state index in [1.807, 2.05) is 36.1 Å². The zero-order chi connectivity index (χ0) is 20.5. The Morgan fingerprint density at radius 3 is 2.55 bits per heavy atom. The lowest BCUT2D eigenvalue weighted by Gasteiger charge is -2.32. The van der Waals surface area contributed by atoms with Crippen LogP contribution in [-0.2, 0) is 20.1 Å². The Morgan fingerprint density at radius 2 is 1.93 bits per heavy atom. The Morgan fingerprint density at radius 1 is 1.17 bits per heavy atom. The number of aliphatic imine (C=N–C) groups is 1. The van der Waals surface area contributed by atoms with E-state index < -0.39 is 0 Å². The van der Waals surface area contributed by atoms with Crippen LogP contribution < -0.4 is 15.4 Å². The third kappa shape index (κ3) is 6.49. The first-order valence-electron chi connectivity index (χ1n) is 10.5. The lowest BCUT2D eigenvalue weighted by atomic mass is 9.96. The van der Waals surface area contributed by atoms with Crippen LogP contribution in [0, 0.1) is 5.92 Å². The van der Waals surface area contributed by atoms with E-state index in [2.05, 4.69) is 39.7 Å². The van der Waals surface area contributed by atoms with Crippen LogP contribution in [0.3, 0.4) is 0 Å². The molecule has 158 valence electrons. The monoisotopic (exact) mass is 398 g/mol. The maximum absolute atomic E-state index is 5.24. The molecule has 1 aliphatic rings. The van der Waals surface area contributed by atoms with Gasteiger partial charge >= 0.3 is 0 Å². The molecule has 1 aromatic carbocycles. The fourth-order valence-corrected chi connectivity index (χ4v) is 3.64. The molecule has 0 amide bonds. The summed E-state index contributed by atoms with van der Waals surface area (Å²) in [6.45, 7) is 7.84. The number of piperidine rings is 1. The molecule has 3 rings (SSSR count). The van der Waals surface area contributed by atoms with Crippen molar-refractivity contribution in [2.45, 2.75) is 32.9 Å². The standard InChI is InChI=1S/C22H34N6O/c1-4-23-22(25-16-20-9-12-26-27(20)2)24-15-18-10-13-28(14-11-18)17-19-5-7-21(29-3)8-6-19/h5-9,12,18H,4,10-11,13-17H2,1-3H3,(H2,23,24,25). The highest BCUT2D eigenvalue weighted by molar-refractivity contribution is 5.79. The van der Waals surface area contributed by atoms with Gasteiger partial charge in [0.15, 0.2) is 5.96 Å². The van der Waals surface area contributed by atoms with Crippen LogP contribution in [0.4, 0.5) is 0 Å². The Balaban J connectivity index is 1.42. The topological polar surface area (TPSA) is 66.7 Å². The molecular formula is C22H34N6O. The molecule has 1 aliphatic heterocycles. The summed E-state index contributed by atoms with van der Waals surface area (Å²) >= 11 is 0. The third-order valence-electron chi connectivity index (χ3n) is 5.50. The Bertz CT molecular complexity index is 762. The van der Waals surface area contributed by atoms with E-state index in [-0.39, 0.29) is 0 Å². The summed E-state index contributed by atoms with van der Waals surface area (Å²) in [7, 11) is 3.66. The number of hydrogen-bond acceptors (Lipinski definition) is 4. The maximum Gasteiger partial charge on any atom is 0.191 e. The quantitative estimate of drug-likeness (QED) is 0.528. The van der Waals surface area contributed by atoms with Gasteiger partial charge in [-0.3, -0.25) is 9.58 Å². The number of guanidine groups is 1. The maximum atomic E-state index is 5.24. The van der Waals surface area contributed by atoms with Gasteiger partial charge in [0.25, 0.3) is 0 Å². The minimum absolute atomic E-state index is 0.631. The largest absolute Gasteiger partial charge is 0.497 e. The van der Waals surface area contributed by atoms with Gasteiger partial charge in [-0.25, -0.2) is 4.99 Å². The smallest absolute Gasteiger partial charge is 0.191 e. The SMILES string of the molecule is CCNC(=NCc1ccnn1C)NCC1CCN(Cc2ccc(OC)cc2)CC1. The van der Waals surface area contributed by atoms with Gasteiger partial charge in [-0.1, -0.05) is 12.1 Å². The lowest BCUT2D eigenvalue weighted by molar-refractivity contribution is 0.178. The molecule has 0 atom stereocenters. The van der Waals surface area contributed by atoms with Crippen LogP contribution >= 0.6 is 0 Å². The molecule has 0 unspecified atom stereocenters. The predicted molar refractivity (Wildman–Crippen MR) is 117 cm³/mol. The molecule has 1 aromatic heterocycles. The third-order valence-corrected chi connectivity index (χ3v) is 5.50. The molecule has 0 spiro atoms. The normalized spacial score (nSPS) is 16.0. The Hall–Kier alpha value is -2.54. The molecule has 0 bridgehead atoms. The summed E-state index contributed by atoms with van der Waals surface area (Å²) in [5.41, 5.74) is 2.45. The van der Waals surface area contributed by atoms with Crippen LogP contribution in [-0.4, -0.2) is 53.9 Å². The second-order valence-electron chi connectivity index (χ2n) is 7.59. The first-order valence-corrected chi connectivity index (χ1v) is 10.5. The number of aryl methyl sites for hydroxylation is 1. The zero-order valence-corrected chi connectivity index (χ0v) is 17.9. The van der Waals surface area contributed by atoms with Crippen molar-refractivity contribution in [1.29, 1.82) is 0 Å². The Labute approximate surface area is 174 Å². The highest BCUT2D eigenvalue weighted by Crippen LogP contribution is 2.19. The van der Waals surface area contributed by atoms with Crippen LogP contribution in [0.15, 0.2) is 41.5 Å². The summed E-state index contributed by atoms with van der Waals surface area (Å²) < 4.78 is 7.11. The van der Waals surface area contributed by atoms with E-state index in [0.717, 1.165) is 50.1 Å². The molecule has 2 aromatic rings. The lowest BCUT2D eigenvalue weighted by Crippen LogP contribution is -2.42. The van der Waals surface area contributed by atoms with E-state index in [1.165, 1.54) is 18.4 Å². The number of methoxy groups -OCH3 is 1. The van der Waals surface area contributed by atoms with Crippen LogP contribution in [0.2, 0.25) is 0 Å². The summed E-state index contributed by atoms with van der Waals surface area (Å²) in [6, 6.07) is 10.4. The first-order chi connectivity index (χ1) is 14.2. The molecule has 7 heteroatoms. The number of hydrogen-bond donors (Lipinski definition) is 2. The fraction of sp³-hybridized carbons (Fsp3) is 0.545. The van der Waals surface area contributed by atoms with E-state index in [0.29, 0.717) is 12.5 Å². The number of likely N-dealkylation sites (tertiary alicyclic amines) is 1. The van der Waals surface area contributed by atoms with Gasteiger partial charge in [-0.2, -0.15) is 5.10 Å². The highest BCUT2D eigenvalue weighted by Gasteiger charge is 2.19.